The Morgan fingerprint density at radius 2 is 2.32 bits per heavy atom. The SMILES string of the molecule is CN=C(NC)NC1CCN(c2cccc(OC)c2)C1. The summed E-state index contributed by atoms with van der Waals surface area (Å²) in [6.45, 7) is 2.03. The topological polar surface area (TPSA) is 48.9 Å². The zero-order chi connectivity index (χ0) is 13.7. The van der Waals surface area contributed by atoms with Crippen LogP contribution in [0.25, 0.3) is 0 Å². The van der Waals surface area contributed by atoms with Gasteiger partial charge >= 0.3 is 0 Å². The summed E-state index contributed by atoms with van der Waals surface area (Å²) in [6, 6.07) is 8.63. The van der Waals surface area contributed by atoms with Crippen LogP contribution in [0.5, 0.6) is 5.75 Å². The second-order valence-corrected chi connectivity index (χ2v) is 4.60. The molecule has 0 aromatic heterocycles. The molecule has 0 saturated carbocycles. The van der Waals surface area contributed by atoms with Crippen molar-refractivity contribution in [1.29, 1.82) is 0 Å². The maximum absolute atomic E-state index is 5.27. The Morgan fingerprint density at radius 3 is 3.00 bits per heavy atom. The van der Waals surface area contributed by atoms with Crippen LogP contribution >= 0.6 is 0 Å². The fourth-order valence-electron chi connectivity index (χ4n) is 2.36. The molecule has 104 valence electrons. The smallest absolute Gasteiger partial charge is 0.190 e. The van der Waals surface area contributed by atoms with E-state index in [4.69, 9.17) is 4.74 Å². The monoisotopic (exact) mass is 262 g/mol. The number of rotatable bonds is 3. The van der Waals surface area contributed by atoms with E-state index in [0.29, 0.717) is 6.04 Å². The Balaban J connectivity index is 1.97. The van der Waals surface area contributed by atoms with Crippen molar-refractivity contribution in [3.8, 4) is 5.75 Å². The number of guanidine groups is 1. The quantitative estimate of drug-likeness (QED) is 0.632. The molecular formula is C14H22N4O. The zero-order valence-electron chi connectivity index (χ0n) is 11.8. The summed E-state index contributed by atoms with van der Waals surface area (Å²) in [5, 5.41) is 6.46. The maximum Gasteiger partial charge on any atom is 0.190 e. The third-order valence-electron chi connectivity index (χ3n) is 3.41. The normalized spacial score (nSPS) is 19.4. The minimum absolute atomic E-state index is 0.428. The van der Waals surface area contributed by atoms with Gasteiger partial charge in [-0.3, -0.25) is 4.99 Å². The van der Waals surface area contributed by atoms with Crippen LogP contribution in [0.3, 0.4) is 0 Å². The Labute approximate surface area is 114 Å². The molecule has 0 aliphatic carbocycles. The average molecular weight is 262 g/mol. The molecule has 19 heavy (non-hydrogen) atoms. The molecule has 1 saturated heterocycles. The van der Waals surface area contributed by atoms with Gasteiger partial charge in [-0.2, -0.15) is 0 Å². The molecule has 1 atom stereocenters. The van der Waals surface area contributed by atoms with Gasteiger partial charge in [-0.05, 0) is 18.6 Å². The third-order valence-corrected chi connectivity index (χ3v) is 3.41. The lowest BCUT2D eigenvalue weighted by Gasteiger charge is -2.20. The molecule has 1 heterocycles. The molecule has 0 spiro atoms. The second kappa shape index (κ2) is 6.31. The Kier molecular flexibility index (Phi) is 4.49. The Morgan fingerprint density at radius 1 is 1.47 bits per heavy atom. The van der Waals surface area contributed by atoms with Crippen LogP contribution in [0.2, 0.25) is 0 Å². The van der Waals surface area contributed by atoms with Gasteiger partial charge in [0, 0.05) is 45.0 Å². The number of anilines is 1. The molecule has 5 nitrogen and oxygen atoms in total. The van der Waals surface area contributed by atoms with Crippen LogP contribution in [0.4, 0.5) is 5.69 Å². The lowest BCUT2D eigenvalue weighted by atomic mass is 10.2. The number of hydrogen-bond donors (Lipinski definition) is 2. The number of aliphatic imine (C=N–C) groups is 1. The summed E-state index contributed by atoms with van der Waals surface area (Å²) in [5.74, 6) is 1.75. The van der Waals surface area contributed by atoms with Crippen LogP contribution in [-0.4, -0.2) is 46.3 Å². The predicted octanol–water partition coefficient (Wildman–Crippen LogP) is 1.07. The van der Waals surface area contributed by atoms with Crippen molar-refractivity contribution in [2.75, 3.05) is 39.2 Å². The van der Waals surface area contributed by atoms with Crippen molar-refractivity contribution >= 4 is 11.6 Å². The van der Waals surface area contributed by atoms with E-state index in [2.05, 4.69) is 32.7 Å². The second-order valence-electron chi connectivity index (χ2n) is 4.60. The summed E-state index contributed by atoms with van der Waals surface area (Å²) >= 11 is 0. The first kappa shape index (κ1) is 13.5. The van der Waals surface area contributed by atoms with Gasteiger partial charge in [0.1, 0.15) is 5.75 Å². The van der Waals surface area contributed by atoms with Gasteiger partial charge in [0.25, 0.3) is 0 Å². The van der Waals surface area contributed by atoms with Gasteiger partial charge in [-0.1, -0.05) is 6.07 Å². The number of methoxy groups -OCH3 is 1. The number of hydrogen-bond acceptors (Lipinski definition) is 3. The molecule has 0 amide bonds. The molecule has 1 aliphatic rings. The van der Waals surface area contributed by atoms with E-state index in [1.165, 1.54) is 5.69 Å². The largest absolute Gasteiger partial charge is 0.497 e. The van der Waals surface area contributed by atoms with Crippen LogP contribution in [0, 0.1) is 0 Å². The van der Waals surface area contributed by atoms with Crippen LogP contribution < -0.4 is 20.3 Å². The van der Waals surface area contributed by atoms with Crippen molar-refractivity contribution in [2.24, 2.45) is 4.99 Å². The van der Waals surface area contributed by atoms with Crippen molar-refractivity contribution in [3.05, 3.63) is 24.3 Å². The summed E-state index contributed by atoms with van der Waals surface area (Å²) in [4.78, 5) is 6.52. The van der Waals surface area contributed by atoms with E-state index in [9.17, 15) is 0 Å². The van der Waals surface area contributed by atoms with Crippen molar-refractivity contribution in [3.63, 3.8) is 0 Å². The molecule has 2 N–H and O–H groups in total. The molecule has 0 radical (unpaired) electrons. The zero-order valence-corrected chi connectivity index (χ0v) is 11.8. The van der Waals surface area contributed by atoms with Crippen molar-refractivity contribution in [2.45, 2.75) is 12.5 Å². The molecule has 1 aromatic carbocycles. The highest BCUT2D eigenvalue weighted by Gasteiger charge is 2.23. The van der Waals surface area contributed by atoms with E-state index in [1.54, 1.807) is 14.2 Å². The molecule has 5 heteroatoms. The molecule has 1 aliphatic heterocycles. The summed E-state index contributed by atoms with van der Waals surface area (Å²) in [6.07, 6.45) is 1.11. The highest BCUT2D eigenvalue weighted by molar-refractivity contribution is 5.79. The summed E-state index contributed by atoms with van der Waals surface area (Å²) in [5.41, 5.74) is 1.21. The van der Waals surface area contributed by atoms with Crippen molar-refractivity contribution in [1.82, 2.24) is 10.6 Å². The predicted molar refractivity (Wildman–Crippen MR) is 79.2 cm³/mol. The first-order valence-electron chi connectivity index (χ1n) is 6.57. The molecule has 0 bridgehead atoms. The van der Waals surface area contributed by atoms with Crippen LogP contribution in [0.1, 0.15) is 6.42 Å². The lowest BCUT2D eigenvalue weighted by Crippen LogP contribution is -2.43. The van der Waals surface area contributed by atoms with Gasteiger partial charge in [0.15, 0.2) is 5.96 Å². The highest BCUT2D eigenvalue weighted by atomic mass is 16.5. The van der Waals surface area contributed by atoms with Crippen LogP contribution in [-0.2, 0) is 0 Å². The average Bonchev–Trinajstić information content (AvgIpc) is 2.93. The number of nitrogens with zero attached hydrogens (tertiary/aromatic N) is 2. The van der Waals surface area contributed by atoms with Gasteiger partial charge in [0.2, 0.25) is 0 Å². The first-order valence-corrected chi connectivity index (χ1v) is 6.57. The van der Waals surface area contributed by atoms with Crippen molar-refractivity contribution < 1.29 is 4.74 Å². The molecular weight excluding hydrogens is 240 g/mol. The number of nitrogens with one attached hydrogen (secondary N) is 2. The lowest BCUT2D eigenvalue weighted by molar-refractivity contribution is 0.415. The van der Waals surface area contributed by atoms with Crippen LogP contribution in [0.15, 0.2) is 29.3 Å². The first-order chi connectivity index (χ1) is 9.26. The Bertz CT molecular complexity index is 447. The molecule has 1 unspecified atom stereocenters. The fourth-order valence-corrected chi connectivity index (χ4v) is 2.36. The summed E-state index contributed by atoms with van der Waals surface area (Å²) in [7, 11) is 5.36. The van der Waals surface area contributed by atoms with E-state index in [1.807, 2.05) is 19.2 Å². The number of ether oxygens (including phenoxy) is 1. The van der Waals surface area contributed by atoms with E-state index in [-0.39, 0.29) is 0 Å². The Hall–Kier alpha value is -1.91. The van der Waals surface area contributed by atoms with E-state index >= 15 is 0 Å². The maximum atomic E-state index is 5.27. The number of benzene rings is 1. The fraction of sp³-hybridized carbons (Fsp3) is 0.500. The van der Waals surface area contributed by atoms with Gasteiger partial charge < -0.3 is 20.3 Å². The third kappa shape index (κ3) is 3.30. The van der Waals surface area contributed by atoms with Gasteiger partial charge in [-0.25, -0.2) is 0 Å². The summed E-state index contributed by atoms with van der Waals surface area (Å²) < 4.78 is 5.27. The minimum atomic E-state index is 0.428. The highest BCUT2D eigenvalue weighted by Crippen LogP contribution is 2.24. The minimum Gasteiger partial charge on any atom is -0.497 e. The van der Waals surface area contributed by atoms with E-state index in [0.717, 1.165) is 31.2 Å². The molecule has 1 aromatic rings. The molecule has 2 rings (SSSR count). The van der Waals surface area contributed by atoms with Gasteiger partial charge in [0.05, 0.1) is 7.11 Å². The van der Waals surface area contributed by atoms with E-state index < -0.39 is 0 Å². The molecule has 1 fully saturated rings. The standard InChI is InChI=1S/C14H22N4O/c1-15-14(16-2)17-11-7-8-18(10-11)12-5-4-6-13(9-12)19-3/h4-6,9,11H,7-8,10H2,1-3H3,(H2,15,16,17). The van der Waals surface area contributed by atoms with Gasteiger partial charge in [-0.15, -0.1) is 0 Å².